The molecule has 1 atom stereocenters. The first-order valence-corrected chi connectivity index (χ1v) is 7.49. The molecular formula is C16H28N2O2. The molecule has 20 heavy (non-hydrogen) atoms. The van der Waals surface area contributed by atoms with Crippen molar-refractivity contribution < 1.29 is 9.53 Å². The first kappa shape index (κ1) is 16.8. The number of nitrogens with one attached hydrogen (secondary N) is 2. The minimum Gasteiger partial charge on any atom is -0.444 e. The molecule has 0 heterocycles. The van der Waals surface area contributed by atoms with Crippen LogP contribution in [0.5, 0.6) is 0 Å². The molecule has 4 heteroatoms. The van der Waals surface area contributed by atoms with Gasteiger partial charge in [0.15, 0.2) is 0 Å². The zero-order chi connectivity index (χ0) is 15.2. The maximum atomic E-state index is 11.7. The standard InChI is InChI=1S/C16H28N2O2/c1-6-7-12(2)17-13-8-10-14(11-9-13)18-15(19)20-16(3,4)5/h1,12-14,17H,7-11H2,2-5H3,(H,18,19). The predicted octanol–water partition coefficient (Wildman–Crippen LogP) is 2.82. The van der Waals surface area contributed by atoms with Crippen LogP contribution >= 0.6 is 0 Å². The monoisotopic (exact) mass is 280 g/mol. The summed E-state index contributed by atoms with van der Waals surface area (Å²) in [5.74, 6) is 2.68. The van der Waals surface area contributed by atoms with E-state index in [9.17, 15) is 4.79 Å². The molecule has 2 N–H and O–H groups in total. The quantitative estimate of drug-likeness (QED) is 0.779. The molecule has 1 fully saturated rings. The number of carbonyl (C=O) groups excluding carboxylic acids is 1. The Kier molecular flexibility index (Phi) is 6.35. The Balaban J connectivity index is 2.25. The Morgan fingerprint density at radius 1 is 1.30 bits per heavy atom. The summed E-state index contributed by atoms with van der Waals surface area (Å²) in [6.07, 6.45) is 9.86. The average Bonchev–Trinajstić information content (AvgIpc) is 2.29. The molecule has 1 aliphatic carbocycles. The molecule has 0 spiro atoms. The van der Waals surface area contributed by atoms with Crippen molar-refractivity contribution in [3.63, 3.8) is 0 Å². The fraction of sp³-hybridized carbons (Fsp3) is 0.812. The van der Waals surface area contributed by atoms with Gasteiger partial charge in [0.2, 0.25) is 0 Å². The van der Waals surface area contributed by atoms with Crippen LogP contribution in [0, 0.1) is 12.3 Å². The number of ether oxygens (including phenoxy) is 1. The van der Waals surface area contributed by atoms with Crippen molar-refractivity contribution in [2.75, 3.05) is 0 Å². The van der Waals surface area contributed by atoms with Gasteiger partial charge in [0.05, 0.1) is 0 Å². The summed E-state index contributed by atoms with van der Waals surface area (Å²) in [5.41, 5.74) is -0.437. The van der Waals surface area contributed by atoms with E-state index in [1.807, 2.05) is 20.8 Å². The topological polar surface area (TPSA) is 50.4 Å². The minimum absolute atomic E-state index is 0.228. The SMILES string of the molecule is C#CCC(C)NC1CCC(NC(=O)OC(C)(C)C)CC1. The summed E-state index contributed by atoms with van der Waals surface area (Å²) in [7, 11) is 0. The number of carbonyl (C=O) groups is 1. The number of hydrogen-bond donors (Lipinski definition) is 2. The van der Waals surface area contributed by atoms with Crippen molar-refractivity contribution in [1.82, 2.24) is 10.6 Å². The van der Waals surface area contributed by atoms with E-state index in [0.29, 0.717) is 12.1 Å². The molecule has 0 radical (unpaired) electrons. The van der Waals surface area contributed by atoms with Crippen LogP contribution in [0.1, 0.15) is 59.8 Å². The number of rotatable bonds is 4. The first-order valence-electron chi connectivity index (χ1n) is 7.49. The van der Waals surface area contributed by atoms with E-state index in [-0.39, 0.29) is 12.1 Å². The maximum Gasteiger partial charge on any atom is 0.407 e. The van der Waals surface area contributed by atoms with Crippen molar-refractivity contribution in [2.45, 2.75) is 83.5 Å². The molecule has 0 saturated heterocycles. The highest BCUT2D eigenvalue weighted by Crippen LogP contribution is 2.20. The van der Waals surface area contributed by atoms with Gasteiger partial charge in [-0.25, -0.2) is 4.79 Å². The summed E-state index contributed by atoms with van der Waals surface area (Å²) in [6.45, 7) is 7.74. The van der Waals surface area contributed by atoms with Gasteiger partial charge in [-0.05, 0) is 53.4 Å². The molecule has 1 unspecified atom stereocenters. The number of alkyl carbamates (subject to hydrolysis) is 1. The normalized spacial score (nSPS) is 24.6. The number of terminal acetylenes is 1. The molecule has 0 aromatic heterocycles. The number of hydrogen-bond acceptors (Lipinski definition) is 3. The highest BCUT2D eigenvalue weighted by molar-refractivity contribution is 5.68. The van der Waals surface area contributed by atoms with Crippen molar-refractivity contribution in [1.29, 1.82) is 0 Å². The van der Waals surface area contributed by atoms with Gasteiger partial charge in [-0.15, -0.1) is 12.3 Å². The summed E-state index contributed by atoms with van der Waals surface area (Å²) >= 11 is 0. The molecule has 1 saturated carbocycles. The summed E-state index contributed by atoms with van der Waals surface area (Å²) in [6, 6.07) is 1.10. The largest absolute Gasteiger partial charge is 0.444 e. The summed E-state index contributed by atoms with van der Waals surface area (Å²) < 4.78 is 5.28. The molecule has 1 rings (SSSR count). The van der Waals surface area contributed by atoms with Gasteiger partial charge in [0.25, 0.3) is 0 Å². The fourth-order valence-corrected chi connectivity index (χ4v) is 2.52. The highest BCUT2D eigenvalue weighted by Gasteiger charge is 2.25. The average molecular weight is 280 g/mol. The first-order chi connectivity index (χ1) is 9.30. The van der Waals surface area contributed by atoms with Crippen molar-refractivity contribution in [3.8, 4) is 12.3 Å². The van der Waals surface area contributed by atoms with E-state index in [1.54, 1.807) is 0 Å². The van der Waals surface area contributed by atoms with Gasteiger partial charge in [-0.3, -0.25) is 0 Å². The number of amides is 1. The van der Waals surface area contributed by atoms with Crippen LogP contribution in [0.2, 0.25) is 0 Å². The van der Waals surface area contributed by atoms with Gasteiger partial charge in [-0.1, -0.05) is 0 Å². The molecule has 0 aromatic rings. The smallest absolute Gasteiger partial charge is 0.407 e. The maximum absolute atomic E-state index is 11.7. The van der Waals surface area contributed by atoms with Crippen LogP contribution in [-0.2, 0) is 4.74 Å². The predicted molar refractivity (Wildman–Crippen MR) is 81.5 cm³/mol. The third-order valence-electron chi connectivity index (χ3n) is 3.39. The van der Waals surface area contributed by atoms with E-state index >= 15 is 0 Å². The van der Waals surface area contributed by atoms with Gasteiger partial charge >= 0.3 is 6.09 Å². The molecule has 4 nitrogen and oxygen atoms in total. The van der Waals surface area contributed by atoms with Crippen LogP contribution in [-0.4, -0.2) is 29.8 Å². The summed E-state index contributed by atoms with van der Waals surface area (Å²) in [5, 5.41) is 6.50. The van der Waals surface area contributed by atoms with E-state index < -0.39 is 5.60 Å². The van der Waals surface area contributed by atoms with Crippen LogP contribution in [0.15, 0.2) is 0 Å². The second-order valence-electron chi connectivity index (χ2n) is 6.67. The van der Waals surface area contributed by atoms with Gasteiger partial charge in [-0.2, -0.15) is 0 Å². The minimum atomic E-state index is -0.437. The van der Waals surface area contributed by atoms with Crippen LogP contribution < -0.4 is 10.6 Å². The van der Waals surface area contributed by atoms with Crippen molar-refractivity contribution in [3.05, 3.63) is 0 Å². The molecule has 1 aliphatic rings. The van der Waals surface area contributed by atoms with Crippen molar-refractivity contribution in [2.24, 2.45) is 0 Å². The third kappa shape index (κ3) is 6.81. The zero-order valence-electron chi connectivity index (χ0n) is 13.2. The molecule has 0 aliphatic heterocycles. The van der Waals surface area contributed by atoms with Crippen LogP contribution in [0.25, 0.3) is 0 Å². The lowest BCUT2D eigenvalue weighted by atomic mass is 9.90. The Bertz CT molecular complexity index is 346. The Morgan fingerprint density at radius 2 is 1.85 bits per heavy atom. The third-order valence-corrected chi connectivity index (χ3v) is 3.39. The lowest BCUT2D eigenvalue weighted by molar-refractivity contribution is 0.0489. The lowest BCUT2D eigenvalue weighted by Gasteiger charge is -2.32. The van der Waals surface area contributed by atoms with Gasteiger partial charge in [0.1, 0.15) is 5.60 Å². The lowest BCUT2D eigenvalue weighted by Crippen LogP contribution is -2.45. The molecule has 0 aromatic carbocycles. The molecule has 0 bridgehead atoms. The van der Waals surface area contributed by atoms with Crippen molar-refractivity contribution >= 4 is 6.09 Å². The molecule has 114 valence electrons. The van der Waals surface area contributed by atoms with E-state index in [0.717, 1.165) is 32.1 Å². The Morgan fingerprint density at radius 3 is 2.35 bits per heavy atom. The van der Waals surface area contributed by atoms with E-state index in [1.165, 1.54) is 0 Å². The Labute approximate surface area is 123 Å². The van der Waals surface area contributed by atoms with Gasteiger partial charge in [0, 0.05) is 24.5 Å². The second-order valence-corrected chi connectivity index (χ2v) is 6.67. The van der Waals surface area contributed by atoms with Crippen LogP contribution in [0.3, 0.4) is 0 Å². The Hall–Kier alpha value is -1.21. The zero-order valence-corrected chi connectivity index (χ0v) is 13.2. The van der Waals surface area contributed by atoms with E-state index in [2.05, 4.69) is 23.5 Å². The van der Waals surface area contributed by atoms with E-state index in [4.69, 9.17) is 11.2 Å². The summed E-state index contributed by atoms with van der Waals surface area (Å²) in [4.78, 5) is 11.7. The van der Waals surface area contributed by atoms with Crippen LogP contribution in [0.4, 0.5) is 4.79 Å². The second kappa shape index (κ2) is 7.54. The molecular weight excluding hydrogens is 252 g/mol. The fourth-order valence-electron chi connectivity index (χ4n) is 2.52. The van der Waals surface area contributed by atoms with Gasteiger partial charge < -0.3 is 15.4 Å². The highest BCUT2D eigenvalue weighted by atomic mass is 16.6. The molecule has 1 amide bonds.